The molecule has 5 nitrogen and oxygen atoms in total. The highest BCUT2D eigenvalue weighted by Crippen LogP contribution is 2.25. The summed E-state index contributed by atoms with van der Waals surface area (Å²) in [5, 5.41) is 9.31. The molecular weight excluding hydrogens is 266 g/mol. The molecule has 0 spiro atoms. The van der Waals surface area contributed by atoms with E-state index in [2.05, 4.69) is 0 Å². The third kappa shape index (κ3) is 4.04. The zero-order valence-corrected chi connectivity index (χ0v) is 12.1. The molecule has 106 valence electrons. The second-order valence-electron chi connectivity index (χ2n) is 4.83. The Hall–Kier alpha value is -1.40. The maximum Gasteiger partial charge on any atom is 0.327 e. The quantitative estimate of drug-likeness (QED) is 0.787. The van der Waals surface area contributed by atoms with Gasteiger partial charge in [-0.15, -0.1) is 0 Å². The molecule has 0 aliphatic heterocycles. The van der Waals surface area contributed by atoms with Crippen molar-refractivity contribution in [2.24, 2.45) is 5.92 Å². The van der Waals surface area contributed by atoms with Crippen LogP contribution in [0.2, 0.25) is 0 Å². The molecule has 6 heteroatoms. The number of carbonyl (C=O) groups is 1. The molecule has 2 unspecified atom stereocenters. The van der Waals surface area contributed by atoms with Crippen molar-refractivity contribution in [3.05, 3.63) is 29.8 Å². The largest absolute Gasteiger partial charge is 0.480 e. The highest BCUT2D eigenvalue weighted by Gasteiger charge is 2.31. The Bertz CT molecular complexity index is 475. The first-order chi connectivity index (χ1) is 8.84. The molecule has 0 aromatic heterocycles. The number of para-hydroxylation sites is 1. The van der Waals surface area contributed by atoms with Crippen LogP contribution in [-0.2, 0) is 16.1 Å². The Morgan fingerprint density at radius 2 is 1.95 bits per heavy atom. The number of aryl methyl sites for hydroxylation is 1. The number of carboxylic acid groups (broad SMARTS) is 1. The lowest BCUT2D eigenvalue weighted by Crippen LogP contribution is -2.43. The molecule has 0 amide bonds. The van der Waals surface area contributed by atoms with Crippen LogP contribution in [0.15, 0.2) is 24.3 Å². The Balaban J connectivity index is 3.22. The number of carboxylic acids is 1. The minimum Gasteiger partial charge on any atom is -0.480 e. The summed E-state index contributed by atoms with van der Waals surface area (Å²) in [4.78, 5) is 11.4. The van der Waals surface area contributed by atoms with Crippen molar-refractivity contribution in [1.29, 1.82) is 0 Å². The fourth-order valence-corrected chi connectivity index (χ4v) is 2.68. The van der Waals surface area contributed by atoms with Crippen LogP contribution in [0.4, 0.5) is 5.69 Å². The summed E-state index contributed by atoms with van der Waals surface area (Å²) in [5.74, 6) is -0.990. The molecule has 0 bridgehead atoms. The second-order valence-corrected chi connectivity index (χ2v) is 5.68. The van der Waals surface area contributed by atoms with E-state index >= 15 is 0 Å². The maximum atomic E-state index is 11.6. The van der Waals surface area contributed by atoms with E-state index in [1.165, 1.54) is 0 Å². The van der Waals surface area contributed by atoms with Gasteiger partial charge in [-0.25, -0.2) is 9.00 Å². The van der Waals surface area contributed by atoms with Gasteiger partial charge < -0.3 is 5.11 Å². The fraction of sp³-hybridized carbons (Fsp3) is 0.462. The number of hydrogen-bond donors (Lipinski definition) is 2. The van der Waals surface area contributed by atoms with Crippen LogP contribution >= 0.6 is 0 Å². The minimum atomic E-state index is -2.38. The summed E-state index contributed by atoms with van der Waals surface area (Å²) in [5.41, 5.74) is 1.23. The van der Waals surface area contributed by atoms with Gasteiger partial charge in [0.15, 0.2) is 0 Å². The molecule has 1 rings (SSSR count). The van der Waals surface area contributed by atoms with Gasteiger partial charge in [-0.3, -0.25) is 8.86 Å². The van der Waals surface area contributed by atoms with E-state index in [1.807, 2.05) is 13.8 Å². The first-order valence-electron chi connectivity index (χ1n) is 6.03. The number of anilines is 1. The molecule has 1 aromatic carbocycles. The minimum absolute atomic E-state index is 0.108. The molecule has 0 fully saturated rings. The summed E-state index contributed by atoms with van der Waals surface area (Å²) in [6, 6.07) is 5.93. The number of hydrogen-bond acceptors (Lipinski definition) is 2. The molecule has 0 aliphatic rings. The number of rotatable bonds is 6. The van der Waals surface area contributed by atoms with Gasteiger partial charge in [-0.2, -0.15) is 0 Å². The number of nitrogens with zero attached hydrogens (tertiary/aromatic N) is 1. The van der Waals surface area contributed by atoms with Crippen LogP contribution in [0.25, 0.3) is 0 Å². The average Bonchev–Trinajstić information content (AvgIpc) is 2.29. The van der Waals surface area contributed by atoms with E-state index in [-0.39, 0.29) is 5.92 Å². The third-order valence-electron chi connectivity index (χ3n) is 2.78. The zero-order chi connectivity index (χ0) is 14.6. The van der Waals surface area contributed by atoms with Gasteiger partial charge in [0, 0.05) is 0 Å². The van der Waals surface area contributed by atoms with Crippen molar-refractivity contribution in [3.63, 3.8) is 0 Å². The van der Waals surface area contributed by atoms with Gasteiger partial charge in [-0.1, -0.05) is 32.0 Å². The molecule has 2 N–H and O–H groups in total. The smallest absolute Gasteiger partial charge is 0.327 e. The van der Waals surface area contributed by atoms with E-state index in [0.717, 1.165) is 9.87 Å². The molecular formula is C13H19NO4S. The Morgan fingerprint density at radius 3 is 2.37 bits per heavy atom. The molecule has 1 aromatic rings. The second kappa shape index (κ2) is 6.68. The molecule has 0 aliphatic carbocycles. The van der Waals surface area contributed by atoms with Crippen LogP contribution < -0.4 is 4.31 Å². The van der Waals surface area contributed by atoms with E-state index in [1.54, 1.807) is 31.2 Å². The summed E-state index contributed by atoms with van der Waals surface area (Å²) in [7, 11) is 0. The standard InChI is InChI=1S/C13H19NO4S/c1-9(2)8-12(13(15)16)14(19(17)18)11-7-5-4-6-10(11)3/h4-7,9,12H,8H2,1-3H3,(H,15,16)(H,17,18). The topological polar surface area (TPSA) is 77.8 Å². The third-order valence-corrected chi connectivity index (χ3v) is 3.57. The van der Waals surface area contributed by atoms with Gasteiger partial charge in [0.1, 0.15) is 6.04 Å². The van der Waals surface area contributed by atoms with Crippen molar-refractivity contribution < 1.29 is 18.7 Å². The first-order valence-corrected chi connectivity index (χ1v) is 7.09. The van der Waals surface area contributed by atoms with Crippen molar-refractivity contribution >= 4 is 22.9 Å². The van der Waals surface area contributed by atoms with Crippen molar-refractivity contribution in [1.82, 2.24) is 0 Å². The average molecular weight is 285 g/mol. The monoisotopic (exact) mass is 285 g/mol. The molecule has 2 atom stereocenters. The van der Waals surface area contributed by atoms with Gasteiger partial charge in [0.05, 0.1) is 5.69 Å². The first kappa shape index (κ1) is 15.7. The summed E-state index contributed by atoms with van der Waals surface area (Å²) in [6.45, 7) is 5.54. The van der Waals surface area contributed by atoms with Gasteiger partial charge in [0.2, 0.25) is 0 Å². The maximum absolute atomic E-state index is 11.6. The van der Waals surface area contributed by atoms with E-state index < -0.39 is 23.3 Å². The lowest BCUT2D eigenvalue weighted by molar-refractivity contribution is -0.138. The van der Waals surface area contributed by atoms with Crippen LogP contribution in [-0.4, -0.2) is 25.9 Å². The Kier molecular flexibility index (Phi) is 5.50. The van der Waals surface area contributed by atoms with Gasteiger partial charge in [0.25, 0.3) is 11.3 Å². The van der Waals surface area contributed by atoms with Crippen molar-refractivity contribution in [2.75, 3.05) is 4.31 Å². The van der Waals surface area contributed by atoms with Crippen LogP contribution in [0, 0.1) is 12.8 Å². The Labute approximate surface area is 115 Å². The van der Waals surface area contributed by atoms with Crippen molar-refractivity contribution in [3.8, 4) is 0 Å². The van der Waals surface area contributed by atoms with Gasteiger partial charge >= 0.3 is 5.97 Å². The molecule has 0 radical (unpaired) electrons. The molecule has 0 saturated carbocycles. The summed E-state index contributed by atoms with van der Waals surface area (Å²) in [6.07, 6.45) is 0.302. The van der Waals surface area contributed by atoms with Crippen LogP contribution in [0.3, 0.4) is 0 Å². The normalized spacial score (nSPS) is 14.2. The SMILES string of the molecule is Cc1ccccc1N(C(CC(C)C)C(=O)O)S(=O)O. The molecule has 0 saturated heterocycles. The highest BCUT2D eigenvalue weighted by molar-refractivity contribution is 7.80. The zero-order valence-electron chi connectivity index (χ0n) is 11.2. The Morgan fingerprint density at radius 1 is 1.37 bits per heavy atom. The van der Waals surface area contributed by atoms with Gasteiger partial charge in [-0.05, 0) is 30.9 Å². The van der Waals surface area contributed by atoms with Crippen LogP contribution in [0.1, 0.15) is 25.8 Å². The van der Waals surface area contributed by atoms with E-state index in [0.29, 0.717) is 12.1 Å². The lowest BCUT2D eigenvalue weighted by Gasteiger charge is -2.29. The molecule has 0 heterocycles. The number of aliphatic carboxylic acids is 1. The predicted molar refractivity (Wildman–Crippen MR) is 75.3 cm³/mol. The van der Waals surface area contributed by atoms with Crippen molar-refractivity contribution in [2.45, 2.75) is 33.2 Å². The van der Waals surface area contributed by atoms with E-state index in [9.17, 15) is 18.7 Å². The van der Waals surface area contributed by atoms with Crippen LogP contribution in [0.5, 0.6) is 0 Å². The highest BCUT2D eigenvalue weighted by atomic mass is 32.2. The fourth-order valence-electron chi connectivity index (χ4n) is 1.91. The predicted octanol–water partition coefficient (Wildman–Crippen LogP) is 2.44. The lowest BCUT2D eigenvalue weighted by atomic mass is 10.0. The number of benzene rings is 1. The summed E-state index contributed by atoms with van der Waals surface area (Å²) >= 11 is -2.38. The molecule has 19 heavy (non-hydrogen) atoms. The van der Waals surface area contributed by atoms with E-state index in [4.69, 9.17) is 0 Å². The summed E-state index contributed by atoms with van der Waals surface area (Å²) < 4.78 is 22.1.